The van der Waals surface area contributed by atoms with E-state index in [1.165, 1.54) is 33.4 Å². The summed E-state index contributed by atoms with van der Waals surface area (Å²) >= 11 is 0. The third-order valence-electron chi connectivity index (χ3n) is 14.9. The molecule has 0 bridgehead atoms. The van der Waals surface area contributed by atoms with E-state index < -0.39 is 0 Å². The molecule has 3 heterocycles. The monoisotopic (exact) mass is 1150 g/mol. The molecule has 2 aromatic heterocycles. The maximum absolute atomic E-state index is 7.13. The maximum Gasteiger partial charge on any atom is 0.135 e. The molecule has 0 aliphatic carbocycles. The molecule has 0 saturated carbocycles. The van der Waals surface area contributed by atoms with Gasteiger partial charge in [0.15, 0.2) is 0 Å². The van der Waals surface area contributed by atoms with E-state index in [1.807, 2.05) is 6.20 Å². The van der Waals surface area contributed by atoms with E-state index in [0.29, 0.717) is 11.5 Å². The normalized spacial score (nSPS) is 13.6. The van der Waals surface area contributed by atoms with Crippen LogP contribution in [-0.2, 0) is 42.7 Å². The van der Waals surface area contributed by atoms with E-state index in [0.717, 1.165) is 55.8 Å². The zero-order valence-corrected chi connectivity index (χ0v) is 47.6. The van der Waals surface area contributed by atoms with Crippen molar-refractivity contribution in [1.82, 2.24) is 9.55 Å². The quantitative estimate of drug-likeness (QED) is 0.128. The van der Waals surface area contributed by atoms with Crippen LogP contribution < -0.4 is 14.5 Å². The number of hydrogen-bond donors (Lipinski definition) is 0. The number of aromatic nitrogens is 2. The van der Waals surface area contributed by atoms with E-state index >= 15 is 0 Å². The zero-order valence-electron chi connectivity index (χ0n) is 45.3. The largest absolute Gasteiger partial charge is 0.509 e. The van der Waals surface area contributed by atoms with Gasteiger partial charge in [0.05, 0.1) is 0 Å². The van der Waals surface area contributed by atoms with Crippen LogP contribution in [0.25, 0.3) is 38.8 Å². The van der Waals surface area contributed by atoms with Crippen molar-refractivity contribution in [2.24, 2.45) is 5.41 Å². The minimum absolute atomic E-state index is 0. The molecule has 0 amide bonds. The Morgan fingerprint density at radius 1 is 0.500 bits per heavy atom. The van der Waals surface area contributed by atoms with Crippen molar-refractivity contribution in [1.29, 1.82) is 0 Å². The molecule has 10 rings (SSSR count). The van der Waals surface area contributed by atoms with E-state index in [2.05, 4.69) is 293 Å². The number of anilines is 2. The van der Waals surface area contributed by atoms with Crippen LogP contribution in [0.15, 0.2) is 182 Å². The summed E-state index contributed by atoms with van der Waals surface area (Å²) in [6, 6.07) is 66.6. The summed E-state index contributed by atoms with van der Waals surface area (Å²) in [5.41, 5.74) is 13.6. The van der Waals surface area contributed by atoms with Crippen LogP contribution in [0.1, 0.15) is 123 Å². The number of benzene rings is 7. The number of nitrogens with zero attached hydrogens (tertiary/aromatic N) is 4. The molecule has 0 radical (unpaired) electrons. The van der Waals surface area contributed by atoms with Crippen molar-refractivity contribution in [3.63, 3.8) is 0 Å². The second-order valence-electron chi connectivity index (χ2n) is 24.0. The van der Waals surface area contributed by atoms with Gasteiger partial charge in [0.25, 0.3) is 0 Å². The van der Waals surface area contributed by atoms with Crippen LogP contribution in [0.5, 0.6) is 11.5 Å². The Hall–Kier alpha value is -6.68. The molecule has 1 aliphatic heterocycles. The second-order valence-corrected chi connectivity index (χ2v) is 24.0. The van der Waals surface area contributed by atoms with Gasteiger partial charge in [0.1, 0.15) is 5.82 Å². The minimum atomic E-state index is -0.276. The Morgan fingerprint density at radius 2 is 1.07 bits per heavy atom. The van der Waals surface area contributed by atoms with Gasteiger partial charge in [-0.2, -0.15) is 0 Å². The van der Waals surface area contributed by atoms with Gasteiger partial charge in [-0.05, 0) is 86.1 Å². The summed E-state index contributed by atoms with van der Waals surface area (Å²) in [6.45, 7) is 32.0. The number of pyridine rings is 1. The first-order valence-corrected chi connectivity index (χ1v) is 25.8. The van der Waals surface area contributed by atoms with E-state index in [9.17, 15) is 0 Å². The molecule has 7 aromatic carbocycles. The molecule has 0 unspecified atom stereocenters. The summed E-state index contributed by atoms with van der Waals surface area (Å²) in [6.07, 6.45) is 4.20. The van der Waals surface area contributed by atoms with Gasteiger partial charge in [-0.25, -0.2) is 4.98 Å². The van der Waals surface area contributed by atoms with Crippen LogP contribution >= 0.6 is 0 Å². The van der Waals surface area contributed by atoms with Crippen molar-refractivity contribution < 1.29 is 25.8 Å². The minimum Gasteiger partial charge on any atom is -0.509 e. The Balaban J connectivity index is 0.00000672. The fourth-order valence-electron chi connectivity index (χ4n) is 10.3. The van der Waals surface area contributed by atoms with Crippen LogP contribution in [0.3, 0.4) is 0 Å². The second kappa shape index (κ2) is 19.5. The first kappa shape index (κ1) is 52.2. The SMILES string of the molecule is CC(C)(C)C1=CN(c2[c-]c(Oc3[c-]c4c(c(C(C)(C)C)c3)c3ccccc3n4-c3cc(C(C)(C)C)ccn3)cc(-c3ccccc3)c2)[CH-]N1c1cc(C(C)(C)c2ccccc2)cc(C(C)(C)c2ccccc2)c1.[Pt]. The molecule has 9 aromatic rings. The van der Waals surface area contributed by atoms with Crippen molar-refractivity contribution in [2.75, 3.05) is 9.80 Å². The number of fused-ring (bicyclic) bond motifs is 3. The standard InChI is InChI=1S/C68H69N4O.Pt/c1-64(2,3)50-33-34-69-62(40-50)72-59-32-24-23-31-57(59)63-58(65(4,5)6)42-56(43-60(63)72)73-55-36-47(46-25-17-14-18-26-46)35-53(41-55)70-44-61(66(7,8)9)71(45-70)54-38-51(67(10,11)48-27-19-15-20-28-48)37-52(39-54)68(12,13)49-29-21-16-22-30-49;/h14-40,42,44-45H,1-13H3;/q-3;. The summed E-state index contributed by atoms with van der Waals surface area (Å²) in [5.74, 6) is 2.07. The first-order chi connectivity index (χ1) is 34.6. The van der Waals surface area contributed by atoms with Gasteiger partial charge < -0.3 is 19.1 Å². The van der Waals surface area contributed by atoms with Crippen LogP contribution in [0, 0.1) is 24.2 Å². The molecule has 0 spiro atoms. The molecule has 0 atom stereocenters. The van der Waals surface area contributed by atoms with Gasteiger partial charge in [0.2, 0.25) is 0 Å². The summed E-state index contributed by atoms with van der Waals surface area (Å²) in [5, 5.41) is 2.31. The molecular weight excluding hydrogens is 1080 g/mol. The Labute approximate surface area is 455 Å². The Kier molecular flexibility index (Phi) is 13.8. The predicted octanol–water partition coefficient (Wildman–Crippen LogP) is 17.8. The predicted molar refractivity (Wildman–Crippen MR) is 306 cm³/mol. The van der Waals surface area contributed by atoms with Crippen molar-refractivity contribution in [3.05, 3.63) is 234 Å². The molecule has 0 saturated heterocycles. The third kappa shape index (κ3) is 10.0. The number of allylic oxidation sites excluding steroid dienone is 1. The molecule has 5 nitrogen and oxygen atoms in total. The molecule has 74 heavy (non-hydrogen) atoms. The summed E-state index contributed by atoms with van der Waals surface area (Å²) in [7, 11) is 0. The summed E-state index contributed by atoms with van der Waals surface area (Å²) in [4.78, 5) is 9.60. The topological polar surface area (TPSA) is 33.5 Å². The van der Waals surface area contributed by atoms with Crippen molar-refractivity contribution in [3.8, 4) is 28.4 Å². The zero-order chi connectivity index (χ0) is 51.7. The Morgan fingerprint density at radius 3 is 1.65 bits per heavy atom. The average Bonchev–Trinajstić information content (AvgIpc) is 3.98. The molecule has 0 fully saturated rings. The fraction of sp³-hybridized carbons (Fsp3) is 0.265. The fourth-order valence-corrected chi connectivity index (χ4v) is 10.3. The number of hydrogen-bond acceptors (Lipinski definition) is 4. The molecule has 6 heteroatoms. The van der Waals surface area contributed by atoms with Crippen molar-refractivity contribution in [2.45, 2.75) is 112 Å². The molecular formula is C68H69N4OPt-3. The van der Waals surface area contributed by atoms with Gasteiger partial charge in [0, 0.05) is 71.9 Å². The number of para-hydroxylation sites is 1. The van der Waals surface area contributed by atoms with Gasteiger partial charge in [-0.1, -0.05) is 216 Å². The van der Waals surface area contributed by atoms with E-state index in [1.54, 1.807) is 0 Å². The van der Waals surface area contributed by atoms with Gasteiger partial charge in [-0.3, -0.25) is 0 Å². The van der Waals surface area contributed by atoms with Crippen LogP contribution in [0.4, 0.5) is 11.4 Å². The Bertz CT molecular complexity index is 3440. The molecule has 0 N–H and O–H groups in total. The number of ether oxygens (including phenoxy) is 1. The van der Waals surface area contributed by atoms with Gasteiger partial charge >= 0.3 is 0 Å². The smallest absolute Gasteiger partial charge is 0.135 e. The van der Waals surface area contributed by atoms with Crippen LogP contribution in [-0.4, -0.2) is 9.55 Å². The van der Waals surface area contributed by atoms with E-state index in [4.69, 9.17) is 9.72 Å². The first-order valence-electron chi connectivity index (χ1n) is 25.8. The third-order valence-corrected chi connectivity index (χ3v) is 14.9. The average molecular weight is 1150 g/mol. The van der Waals surface area contributed by atoms with Crippen LogP contribution in [0.2, 0.25) is 0 Å². The molecule has 380 valence electrons. The maximum atomic E-state index is 7.13. The number of rotatable bonds is 10. The van der Waals surface area contributed by atoms with E-state index in [-0.39, 0.29) is 48.1 Å². The van der Waals surface area contributed by atoms with Crippen molar-refractivity contribution >= 4 is 33.2 Å². The molecule has 1 aliphatic rings. The summed E-state index contributed by atoms with van der Waals surface area (Å²) < 4.78 is 9.38. The van der Waals surface area contributed by atoms with Gasteiger partial charge in [-0.15, -0.1) is 53.8 Å².